The Morgan fingerprint density at radius 1 is 1.00 bits per heavy atom. The second-order valence-corrected chi connectivity index (χ2v) is 9.68. The Morgan fingerprint density at radius 3 is 2.24 bits per heavy atom. The van der Waals surface area contributed by atoms with E-state index in [0.29, 0.717) is 10.1 Å². The number of hydrogen-bond donors (Lipinski definition) is 2. The van der Waals surface area contributed by atoms with Gasteiger partial charge in [-0.15, -0.1) is 10.2 Å². The topological polar surface area (TPSA) is 93.2 Å². The second kappa shape index (κ2) is 8.89. The molecule has 0 fully saturated rings. The number of benzene rings is 2. The number of aromatic nitrogens is 2. The highest BCUT2D eigenvalue weighted by Crippen LogP contribution is 2.30. The maximum absolute atomic E-state index is 12.8. The van der Waals surface area contributed by atoms with Crippen molar-refractivity contribution in [1.82, 2.24) is 14.9 Å². The molecule has 1 heterocycles. The first-order valence-corrected chi connectivity index (χ1v) is 11.4. The summed E-state index contributed by atoms with van der Waals surface area (Å²) >= 11 is 1.32. The Balaban J connectivity index is 1.78. The van der Waals surface area contributed by atoms with E-state index in [4.69, 9.17) is 4.74 Å². The zero-order valence-electron chi connectivity index (χ0n) is 16.7. The fraction of sp³-hybridized carbons (Fsp3) is 0.300. The zero-order chi connectivity index (χ0) is 21.0. The summed E-state index contributed by atoms with van der Waals surface area (Å²) in [4.78, 5) is 0.231. The van der Waals surface area contributed by atoms with Crippen LogP contribution in [0.5, 0.6) is 5.75 Å². The molecule has 9 heteroatoms. The van der Waals surface area contributed by atoms with Gasteiger partial charge in [0.15, 0.2) is 0 Å². The van der Waals surface area contributed by atoms with Gasteiger partial charge < -0.3 is 10.1 Å². The van der Waals surface area contributed by atoms with E-state index in [0.717, 1.165) is 17.0 Å². The van der Waals surface area contributed by atoms with Crippen LogP contribution in [-0.4, -0.2) is 25.7 Å². The van der Waals surface area contributed by atoms with Crippen LogP contribution in [-0.2, 0) is 10.0 Å². The number of methoxy groups -OCH3 is 1. The van der Waals surface area contributed by atoms with E-state index in [-0.39, 0.29) is 10.8 Å². The Hall–Kier alpha value is -2.49. The summed E-state index contributed by atoms with van der Waals surface area (Å²) in [6.07, 6.45) is 0. The second-order valence-electron chi connectivity index (χ2n) is 6.95. The lowest BCUT2D eigenvalue weighted by Gasteiger charge is -2.19. The molecule has 0 aliphatic carbocycles. The molecular weight excluding hydrogens is 408 g/mol. The summed E-state index contributed by atoms with van der Waals surface area (Å²) in [5.74, 6) is 0.760. The van der Waals surface area contributed by atoms with Crippen LogP contribution in [0.25, 0.3) is 0 Å². The van der Waals surface area contributed by atoms with E-state index in [1.165, 1.54) is 11.3 Å². The maximum Gasteiger partial charge on any atom is 0.241 e. The van der Waals surface area contributed by atoms with Gasteiger partial charge in [-0.3, -0.25) is 0 Å². The molecule has 0 saturated heterocycles. The molecule has 1 aromatic heterocycles. The van der Waals surface area contributed by atoms with Crippen molar-refractivity contribution in [3.63, 3.8) is 0 Å². The molecule has 7 nitrogen and oxygen atoms in total. The van der Waals surface area contributed by atoms with Crippen molar-refractivity contribution in [1.29, 1.82) is 0 Å². The third-order valence-corrected chi connectivity index (χ3v) is 6.71. The van der Waals surface area contributed by atoms with Gasteiger partial charge in [-0.05, 0) is 49.2 Å². The first kappa shape index (κ1) is 21.2. The van der Waals surface area contributed by atoms with Gasteiger partial charge in [0.05, 0.1) is 18.0 Å². The van der Waals surface area contributed by atoms with Crippen LogP contribution < -0.4 is 14.8 Å². The van der Waals surface area contributed by atoms with Crippen LogP contribution in [0.3, 0.4) is 0 Å². The highest BCUT2D eigenvalue weighted by Gasteiger charge is 2.27. The van der Waals surface area contributed by atoms with Crippen molar-refractivity contribution >= 4 is 32.2 Å². The third-order valence-electron chi connectivity index (χ3n) is 4.33. The van der Waals surface area contributed by atoms with Gasteiger partial charge in [0, 0.05) is 5.69 Å². The van der Waals surface area contributed by atoms with Crippen molar-refractivity contribution in [2.45, 2.75) is 31.7 Å². The molecule has 1 unspecified atom stereocenters. The molecule has 3 aromatic rings. The normalized spacial score (nSPS) is 12.7. The fourth-order valence-electron chi connectivity index (χ4n) is 2.63. The molecule has 0 radical (unpaired) electrons. The van der Waals surface area contributed by atoms with Gasteiger partial charge in [-0.25, -0.2) is 13.1 Å². The van der Waals surface area contributed by atoms with Crippen LogP contribution >= 0.6 is 11.3 Å². The minimum Gasteiger partial charge on any atom is -0.497 e. The molecule has 0 amide bonds. The van der Waals surface area contributed by atoms with E-state index < -0.39 is 16.1 Å². The van der Waals surface area contributed by atoms with E-state index in [9.17, 15) is 8.42 Å². The van der Waals surface area contributed by atoms with Gasteiger partial charge in [0.25, 0.3) is 0 Å². The van der Waals surface area contributed by atoms with E-state index in [1.807, 2.05) is 45.0 Å². The molecule has 0 aliphatic rings. The lowest BCUT2D eigenvalue weighted by molar-refractivity contribution is 0.415. The SMILES string of the molecule is COc1ccc(Nc2nnc(C(NS(=O)(=O)c3ccc(C)cc3)C(C)C)s2)cc1. The van der Waals surface area contributed by atoms with E-state index in [1.54, 1.807) is 31.4 Å². The predicted octanol–water partition coefficient (Wildman–Crippen LogP) is 4.27. The summed E-state index contributed by atoms with van der Waals surface area (Å²) in [5, 5.41) is 12.8. The van der Waals surface area contributed by atoms with Crippen molar-refractivity contribution in [3.05, 3.63) is 59.1 Å². The molecule has 154 valence electrons. The summed E-state index contributed by atoms with van der Waals surface area (Å²) in [7, 11) is -2.06. The number of ether oxygens (including phenoxy) is 1. The van der Waals surface area contributed by atoms with Crippen LogP contribution in [0.15, 0.2) is 53.4 Å². The molecular formula is C20H24N4O3S2. The largest absolute Gasteiger partial charge is 0.497 e. The van der Waals surface area contributed by atoms with E-state index >= 15 is 0 Å². The van der Waals surface area contributed by atoms with Crippen molar-refractivity contribution < 1.29 is 13.2 Å². The standard InChI is InChI=1S/C20H24N4O3S2/c1-13(2)18(24-29(25,26)17-11-5-14(3)6-12-17)19-22-23-20(28-19)21-15-7-9-16(27-4)10-8-15/h5-13,18,24H,1-4H3,(H,21,23). The first-order valence-electron chi connectivity index (χ1n) is 9.12. The molecule has 0 saturated carbocycles. The summed E-state index contributed by atoms with van der Waals surface area (Å²) in [6, 6.07) is 13.7. The van der Waals surface area contributed by atoms with Gasteiger partial charge in [-0.1, -0.05) is 42.9 Å². The van der Waals surface area contributed by atoms with E-state index in [2.05, 4.69) is 20.2 Å². The number of anilines is 2. The van der Waals surface area contributed by atoms with Gasteiger partial charge in [-0.2, -0.15) is 0 Å². The van der Waals surface area contributed by atoms with Gasteiger partial charge in [0.2, 0.25) is 15.2 Å². The Kier molecular flexibility index (Phi) is 6.51. The highest BCUT2D eigenvalue weighted by atomic mass is 32.2. The molecule has 29 heavy (non-hydrogen) atoms. The van der Waals surface area contributed by atoms with Crippen LogP contribution in [0.1, 0.15) is 30.5 Å². The molecule has 0 aliphatic heterocycles. The number of hydrogen-bond acceptors (Lipinski definition) is 7. The number of rotatable bonds is 8. The smallest absolute Gasteiger partial charge is 0.241 e. The maximum atomic E-state index is 12.8. The Morgan fingerprint density at radius 2 is 1.66 bits per heavy atom. The third kappa shape index (κ3) is 5.31. The Labute approximate surface area is 175 Å². The van der Waals surface area contributed by atoms with Gasteiger partial charge >= 0.3 is 0 Å². The average Bonchev–Trinajstić information content (AvgIpc) is 3.15. The van der Waals surface area contributed by atoms with Crippen molar-refractivity contribution in [2.75, 3.05) is 12.4 Å². The monoisotopic (exact) mass is 432 g/mol. The molecule has 3 rings (SSSR count). The molecule has 2 N–H and O–H groups in total. The average molecular weight is 433 g/mol. The van der Waals surface area contributed by atoms with Crippen LogP contribution in [0.2, 0.25) is 0 Å². The summed E-state index contributed by atoms with van der Waals surface area (Å²) in [6.45, 7) is 5.81. The highest BCUT2D eigenvalue weighted by molar-refractivity contribution is 7.89. The van der Waals surface area contributed by atoms with Crippen LogP contribution in [0, 0.1) is 12.8 Å². The minimum atomic E-state index is -3.67. The minimum absolute atomic E-state index is 0.00277. The number of nitrogens with one attached hydrogen (secondary N) is 2. The van der Waals surface area contributed by atoms with Gasteiger partial charge in [0.1, 0.15) is 10.8 Å². The quantitative estimate of drug-likeness (QED) is 0.552. The number of aryl methyl sites for hydroxylation is 1. The molecule has 2 aromatic carbocycles. The van der Waals surface area contributed by atoms with Crippen LogP contribution in [0.4, 0.5) is 10.8 Å². The fourth-order valence-corrected chi connectivity index (χ4v) is 5.04. The number of sulfonamides is 1. The lowest BCUT2D eigenvalue weighted by Crippen LogP contribution is -2.31. The summed E-state index contributed by atoms with van der Waals surface area (Å²) in [5.41, 5.74) is 1.84. The summed E-state index contributed by atoms with van der Waals surface area (Å²) < 4.78 is 33.5. The first-order chi connectivity index (χ1) is 13.8. The Bertz CT molecular complexity index is 1050. The lowest BCUT2D eigenvalue weighted by atomic mass is 10.1. The van der Waals surface area contributed by atoms with Crippen molar-refractivity contribution in [3.8, 4) is 5.75 Å². The predicted molar refractivity (Wildman–Crippen MR) is 115 cm³/mol. The molecule has 0 spiro atoms. The molecule has 0 bridgehead atoms. The number of nitrogens with zero attached hydrogens (tertiary/aromatic N) is 2. The molecule has 1 atom stereocenters. The van der Waals surface area contributed by atoms with Crippen molar-refractivity contribution in [2.24, 2.45) is 5.92 Å². The zero-order valence-corrected chi connectivity index (χ0v) is 18.3.